The Hall–Kier alpha value is -0.480. The third-order valence-corrected chi connectivity index (χ3v) is 3.18. The molecule has 5 heteroatoms. The van der Waals surface area contributed by atoms with Crippen LogP contribution in [0.1, 0.15) is 12.0 Å². The lowest BCUT2D eigenvalue weighted by Crippen LogP contribution is -2.26. The molecule has 96 valence electrons. The topological polar surface area (TPSA) is 38.5 Å². The second-order valence-electron chi connectivity index (χ2n) is 4.24. The molecule has 0 aliphatic carbocycles. The summed E-state index contributed by atoms with van der Waals surface area (Å²) in [5.41, 5.74) is 7.01. The minimum absolute atomic E-state index is 0. The van der Waals surface area contributed by atoms with Crippen molar-refractivity contribution in [3.05, 3.63) is 28.8 Å². The van der Waals surface area contributed by atoms with Crippen LogP contribution in [0.2, 0.25) is 5.02 Å². The predicted molar refractivity (Wildman–Crippen MR) is 73.1 cm³/mol. The summed E-state index contributed by atoms with van der Waals surface area (Å²) in [7, 11) is 1.68. The van der Waals surface area contributed by atoms with Gasteiger partial charge in [-0.15, -0.1) is 12.4 Å². The van der Waals surface area contributed by atoms with Crippen molar-refractivity contribution in [3.8, 4) is 5.75 Å². The SMILES string of the molecule is COc1ccc(Cl)cc1CN1CC[C@H](N)C1.Cl. The van der Waals surface area contributed by atoms with Crippen LogP contribution in [0.5, 0.6) is 5.75 Å². The number of methoxy groups -OCH3 is 1. The third kappa shape index (κ3) is 3.75. The van der Waals surface area contributed by atoms with E-state index < -0.39 is 0 Å². The van der Waals surface area contributed by atoms with Crippen LogP contribution in [0, 0.1) is 0 Å². The minimum Gasteiger partial charge on any atom is -0.496 e. The van der Waals surface area contributed by atoms with Gasteiger partial charge in [-0.3, -0.25) is 4.90 Å². The summed E-state index contributed by atoms with van der Waals surface area (Å²) < 4.78 is 5.32. The van der Waals surface area contributed by atoms with E-state index in [1.54, 1.807) is 7.11 Å². The van der Waals surface area contributed by atoms with Crippen LogP contribution in [0.3, 0.4) is 0 Å². The van der Waals surface area contributed by atoms with Crippen LogP contribution >= 0.6 is 24.0 Å². The van der Waals surface area contributed by atoms with Gasteiger partial charge in [0.15, 0.2) is 0 Å². The zero-order chi connectivity index (χ0) is 11.5. The lowest BCUT2D eigenvalue weighted by atomic mass is 10.2. The number of rotatable bonds is 3. The highest BCUT2D eigenvalue weighted by Gasteiger charge is 2.20. The first kappa shape index (κ1) is 14.6. The van der Waals surface area contributed by atoms with Crippen molar-refractivity contribution >= 4 is 24.0 Å². The quantitative estimate of drug-likeness (QED) is 0.921. The number of halogens is 2. The number of likely N-dealkylation sites (tertiary alicyclic amines) is 1. The highest BCUT2D eigenvalue weighted by molar-refractivity contribution is 6.30. The lowest BCUT2D eigenvalue weighted by Gasteiger charge is -2.17. The molecule has 3 nitrogen and oxygen atoms in total. The van der Waals surface area contributed by atoms with Crippen molar-refractivity contribution in [3.63, 3.8) is 0 Å². The van der Waals surface area contributed by atoms with Gasteiger partial charge in [0.05, 0.1) is 7.11 Å². The summed E-state index contributed by atoms with van der Waals surface area (Å²) in [5, 5.41) is 0.749. The standard InChI is InChI=1S/C12H17ClN2O.ClH/c1-16-12-3-2-10(13)6-9(12)7-15-5-4-11(14)8-15;/h2-3,6,11H,4-5,7-8,14H2,1H3;1H/t11-;/m0./s1. The van der Waals surface area contributed by atoms with Gasteiger partial charge in [0.1, 0.15) is 5.75 Å². The van der Waals surface area contributed by atoms with Crippen molar-refractivity contribution in [1.82, 2.24) is 4.90 Å². The predicted octanol–water partition coefficient (Wildman–Crippen LogP) is 2.30. The van der Waals surface area contributed by atoms with Crippen molar-refractivity contribution < 1.29 is 4.74 Å². The molecule has 1 aromatic carbocycles. The largest absolute Gasteiger partial charge is 0.496 e. The lowest BCUT2D eigenvalue weighted by molar-refractivity contribution is 0.317. The fourth-order valence-corrected chi connectivity index (χ4v) is 2.31. The highest BCUT2D eigenvalue weighted by atomic mass is 35.5. The van der Waals surface area contributed by atoms with Gasteiger partial charge >= 0.3 is 0 Å². The fraction of sp³-hybridized carbons (Fsp3) is 0.500. The summed E-state index contributed by atoms with van der Waals surface area (Å²) in [4.78, 5) is 2.33. The zero-order valence-electron chi connectivity index (χ0n) is 9.86. The molecule has 0 spiro atoms. The van der Waals surface area contributed by atoms with Crippen molar-refractivity contribution in [2.75, 3.05) is 20.2 Å². The molecule has 0 amide bonds. The number of nitrogens with zero attached hydrogens (tertiary/aromatic N) is 1. The van der Waals surface area contributed by atoms with Gasteiger partial charge in [-0.25, -0.2) is 0 Å². The molecule has 1 aromatic rings. The normalized spacial score (nSPS) is 20.1. The zero-order valence-corrected chi connectivity index (χ0v) is 11.4. The van der Waals surface area contributed by atoms with E-state index in [0.29, 0.717) is 6.04 Å². The van der Waals surface area contributed by atoms with Crippen LogP contribution in [0.25, 0.3) is 0 Å². The molecule has 0 saturated carbocycles. The van der Waals surface area contributed by atoms with Gasteiger partial charge in [-0.2, -0.15) is 0 Å². The van der Waals surface area contributed by atoms with E-state index in [-0.39, 0.29) is 12.4 Å². The third-order valence-electron chi connectivity index (χ3n) is 2.95. The average molecular weight is 277 g/mol. The van der Waals surface area contributed by atoms with Gasteiger partial charge in [0, 0.05) is 36.3 Å². The van der Waals surface area contributed by atoms with E-state index in [1.807, 2.05) is 18.2 Å². The summed E-state index contributed by atoms with van der Waals surface area (Å²) in [5.74, 6) is 0.893. The van der Waals surface area contributed by atoms with Crippen LogP contribution in [0.15, 0.2) is 18.2 Å². The number of benzene rings is 1. The Morgan fingerprint density at radius 3 is 2.88 bits per heavy atom. The Kier molecular flexibility index (Phi) is 5.53. The molecule has 1 aliphatic rings. The fourth-order valence-electron chi connectivity index (χ4n) is 2.12. The molecule has 1 saturated heterocycles. The van der Waals surface area contributed by atoms with E-state index in [1.165, 1.54) is 0 Å². The van der Waals surface area contributed by atoms with E-state index in [2.05, 4.69) is 4.90 Å². The summed E-state index contributed by atoms with van der Waals surface area (Å²) in [6.45, 7) is 2.87. The van der Waals surface area contributed by atoms with Crippen LogP contribution in [-0.4, -0.2) is 31.1 Å². The minimum atomic E-state index is 0. The Balaban J connectivity index is 0.00000144. The molecule has 0 radical (unpaired) electrons. The van der Waals surface area contributed by atoms with E-state index in [4.69, 9.17) is 22.1 Å². The smallest absolute Gasteiger partial charge is 0.123 e. The second-order valence-corrected chi connectivity index (χ2v) is 4.68. The van der Waals surface area contributed by atoms with E-state index in [9.17, 15) is 0 Å². The molecular weight excluding hydrogens is 259 g/mol. The van der Waals surface area contributed by atoms with Gasteiger partial charge in [0.2, 0.25) is 0 Å². The summed E-state index contributed by atoms with van der Waals surface area (Å²) in [6.07, 6.45) is 1.07. The van der Waals surface area contributed by atoms with Crippen molar-refractivity contribution in [2.24, 2.45) is 5.73 Å². The molecule has 0 aromatic heterocycles. The first-order valence-corrected chi connectivity index (χ1v) is 5.87. The number of nitrogens with two attached hydrogens (primary N) is 1. The van der Waals surface area contributed by atoms with E-state index >= 15 is 0 Å². The summed E-state index contributed by atoms with van der Waals surface area (Å²) >= 11 is 5.99. The molecule has 0 bridgehead atoms. The van der Waals surface area contributed by atoms with Crippen LogP contribution in [-0.2, 0) is 6.54 Å². The van der Waals surface area contributed by atoms with Crippen LogP contribution < -0.4 is 10.5 Å². The number of hydrogen-bond donors (Lipinski definition) is 1. The first-order valence-electron chi connectivity index (χ1n) is 5.49. The molecule has 1 aliphatic heterocycles. The number of ether oxygens (including phenoxy) is 1. The Morgan fingerprint density at radius 1 is 1.53 bits per heavy atom. The second kappa shape index (κ2) is 6.45. The average Bonchev–Trinajstić information content (AvgIpc) is 2.64. The van der Waals surface area contributed by atoms with Gasteiger partial charge in [-0.1, -0.05) is 11.6 Å². The Bertz CT molecular complexity index is 374. The van der Waals surface area contributed by atoms with Crippen molar-refractivity contribution in [1.29, 1.82) is 0 Å². The maximum atomic E-state index is 5.99. The molecule has 1 fully saturated rings. The molecular formula is C12H18Cl2N2O. The molecule has 2 rings (SSSR count). The monoisotopic (exact) mass is 276 g/mol. The molecule has 17 heavy (non-hydrogen) atoms. The van der Waals surface area contributed by atoms with Gasteiger partial charge < -0.3 is 10.5 Å². The van der Waals surface area contributed by atoms with Crippen molar-refractivity contribution in [2.45, 2.75) is 19.0 Å². The van der Waals surface area contributed by atoms with E-state index in [0.717, 1.165) is 42.4 Å². The first-order chi connectivity index (χ1) is 7.69. The van der Waals surface area contributed by atoms with Gasteiger partial charge in [-0.05, 0) is 24.6 Å². The molecule has 2 N–H and O–H groups in total. The maximum Gasteiger partial charge on any atom is 0.123 e. The molecule has 0 unspecified atom stereocenters. The Labute approximate surface area is 113 Å². The maximum absolute atomic E-state index is 5.99. The Morgan fingerprint density at radius 2 is 2.29 bits per heavy atom. The summed E-state index contributed by atoms with van der Waals surface area (Å²) in [6, 6.07) is 6.03. The number of hydrogen-bond acceptors (Lipinski definition) is 3. The highest BCUT2D eigenvalue weighted by Crippen LogP contribution is 2.25. The molecule has 1 atom stereocenters. The van der Waals surface area contributed by atoms with Crippen LogP contribution in [0.4, 0.5) is 0 Å². The molecule has 1 heterocycles. The van der Waals surface area contributed by atoms with Gasteiger partial charge in [0.25, 0.3) is 0 Å².